The zero-order valence-electron chi connectivity index (χ0n) is 28.1. The van der Waals surface area contributed by atoms with Gasteiger partial charge in [0.1, 0.15) is 37.9 Å². The van der Waals surface area contributed by atoms with E-state index in [-0.39, 0.29) is 37.0 Å². The Morgan fingerprint density at radius 2 is 1.68 bits per heavy atom. The summed E-state index contributed by atoms with van der Waals surface area (Å²) >= 11 is 6.74. The van der Waals surface area contributed by atoms with Crippen LogP contribution in [-0.4, -0.2) is 71.4 Å². The third-order valence-corrected chi connectivity index (χ3v) is 10.6. The molecule has 15 heteroatoms. The van der Waals surface area contributed by atoms with Crippen molar-refractivity contribution in [2.45, 2.75) is 38.5 Å². The van der Waals surface area contributed by atoms with Crippen LogP contribution >= 0.6 is 11.6 Å². The second-order valence-electron chi connectivity index (χ2n) is 11.9. The van der Waals surface area contributed by atoms with Gasteiger partial charge in [-0.3, -0.25) is 14.5 Å². The van der Waals surface area contributed by atoms with Crippen LogP contribution in [0, 0.1) is 6.92 Å². The van der Waals surface area contributed by atoms with Crippen molar-refractivity contribution in [1.29, 1.82) is 0 Å². The Hall–Kier alpha value is -4.37. The Bertz CT molecular complexity index is 2110. The third kappa shape index (κ3) is 9.65. The number of sulfonamides is 1. The summed E-state index contributed by atoms with van der Waals surface area (Å²) in [4.78, 5) is 17.1. The molecule has 0 atom stereocenters. The molecule has 1 amide bonds. The Balaban J connectivity index is 1.38. The summed E-state index contributed by atoms with van der Waals surface area (Å²) in [5.41, 5.74) is 5.10. The van der Waals surface area contributed by atoms with Crippen LogP contribution in [0.1, 0.15) is 29.2 Å². The van der Waals surface area contributed by atoms with Gasteiger partial charge in [-0.25, -0.2) is 16.8 Å². The maximum Gasteiger partial charge on any atom is 0.236 e. The highest BCUT2D eigenvalue weighted by molar-refractivity contribution is 7.90. The normalized spacial score (nSPS) is 12.8. The number of ether oxygens (including phenoxy) is 4. The molecule has 0 spiro atoms. The number of aromatic nitrogens is 1. The number of hydrogen-bond acceptors (Lipinski definition) is 11. The fourth-order valence-corrected chi connectivity index (χ4v) is 7.24. The largest absolute Gasteiger partial charge is 0.488 e. The number of amides is 1. The van der Waals surface area contributed by atoms with Crippen LogP contribution in [0.25, 0.3) is 11.1 Å². The Labute approximate surface area is 297 Å². The first-order valence-corrected chi connectivity index (χ1v) is 19.5. The molecule has 0 radical (unpaired) electrons. The van der Waals surface area contributed by atoms with E-state index in [4.69, 9.17) is 30.5 Å². The number of hydrogen-bond donors (Lipinski definition) is 1. The molecule has 0 unspecified atom stereocenters. The zero-order chi connectivity index (χ0) is 36.1. The smallest absolute Gasteiger partial charge is 0.236 e. The number of carbonyl (C=O) groups excluding carboxylic acids is 1. The highest BCUT2D eigenvalue weighted by atomic mass is 35.5. The van der Waals surface area contributed by atoms with Crippen molar-refractivity contribution in [3.8, 4) is 34.1 Å². The lowest BCUT2D eigenvalue weighted by molar-refractivity contribution is -0.117. The molecule has 0 aliphatic carbocycles. The fraction of sp³-hybridized carbons (Fsp3) is 0.314. The van der Waals surface area contributed by atoms with E-state index in [1.54, 1.807) is 24.1 Å². The van der Waals surface area contributed by atoms with Crippen molar-refractivity contribution in [2.75, 3.05) is 38.8 Å². The molecule has 0 saturated carbocycles. The minimum absolute atomic E-state index is 0.0122. The molecule has 3 aromatic carbocycles. The highest BCUT2D eigenvalue weighted by Gasteiger charge is 2.19. The number of fused-ring (bicyclic) bond motifs is 1. The molecule has 1 aliphatic heterocycles. The van der Waals surface area contributed by atoms with E-state index in [1.165, 1.54) is 18.5 Å². The monoisotopic (exact) mass is 743 g/mol. The SMILES string of the molecule is CC(=O)NS(=O)(=O)CCN(C)Cc1cc(Cl)c(OCc2cccc(-c3ccc4c(c3)OCCO4)c2C)cc1OCc1cncc(S(C)(=O)=O)c1. The van der Waals surface area contributed by atoms with E-state index in [0.717, 1.165) is 35.4 Å². The fourth-order valence-electron chi connectivity index (χ4n) is 5.29. The number of carbonyl (C=O) groups is 1. The topological polar surface area (TPSA) is 150 Å². The summed E-state index contributed by atoms with van der Waals surface area (Å²) in [5.74, 6) is 1.20. The Kier molecular flexibility index (Phi) is 11.6. The number of benzene rings is 3. The lowest BCUT2D eigenvalue weighted by Crippen LogP contribution is -2.35. The highest BCUT2D eigenvalue weighted by Crippen LogP contribution is 2.38. The molecule has 0 fully saturated rings. The standard InChI is InChI=1S/C35H38ClN3O9S2/c1-23-27(6-5-7-30(23)26-8-9-32-35(16-26)46-12-11-45-32)22-48-34-17-33(47-21-25-14-29(19-37-18-25)49(4,41)42)28(15-31(34)36)20-39(3)10-13-50(43,44)38-24(2)40/h5-9,14-19H,10-13,20-22H2,1-4H3,(H,38,40). The van der Waals surface area contributed by atoms with Crippen molar-refractivity contribution in [3.05, 3.63) is 94.3 Å². The van der Waals surface area contributed by atoms with E-state index in [1.807, 2.05) is 48.0 Å². The van der Waals surface area contributed by atoms with Gasteiger partial charge in [-0.2, -0.15) is 0 Å². The summed E-state index contributed by atoms with van der Waals surface area (Å²) in [7, 11) is -5.56. The lowest BCUT2D eigenvalue weighted by Gasteiger charge is -2.21. The van der Waals surface area contributed by atoms with Gasteiger partial charge in [-0.05, 0) is 60.5 Å². The summed E-state index contributed by atoms with van der Waals surface area (Å²) in [6.07, 6.45) is 3.89. The predicted octanol–water partition coefficient (Wildman–Crippen LogP) is 4.94. The molecule has 266 valence electrons. The van der Waals surface area contributed by atoms with E-state index in [2.05, 4.69) is 4.98 Å². The first-order valence-electron chi connectivity index (χ1n) is 15.6. The molecule has 1 aromatic heterocycles. The number of sulfone groups is 1. The first-order chi connectivity index (χ1) is 23.7. The quantitative estimate of drug-likeness (QED) is 0.187. The van der Waals surface area contributed by atoms with E-state index in [0.29, 0.717) is 52.4 Å². The van der Waals surface area contributed by atoms with Crippen LogP contribution in [0.4, 0.5) is 0 Å². The molecule has 5 rings (SSSR count). The van der Waals surface area contributed by atoms with Crippen LogP contribution in [0.5, 0.6) is 23.0 Å². The predicted molar refractivity (Wildman–Crippen MR) is 189 cm³/mol. The van der Waals surface area contributed by atoms with Crippen LogP contribution < -0.4 is 23.7 Å². The van der Waals surface area contributed by atoms with Crippen molar-refractivity contribution in [3.63, 3.8) is 0 Å². The summed E-state index contributed by atoms with van der Waals surface area (Å²) in [6, 6.07) is 16.7. The lowest BCUT2D eigenvalue weighted by atomic mass is 9.96. The molecule has 1 N–H and O–H groups in total. The summed E-state index contributed by atoms with van der Waals surface area (Å²) < 4.78 is 74.4. The minimum atomic E-state index is -3.80. The number of rotatable bonds is 14. The summed E-state index contributed by atoms with van der Waals surface area (Å²) in [5, 5.41) is 0.313. The van der Waals surface area contributed by atoms with Gasteiger partial charge in [0.05, 0.1) is 15.7 Å². The Morgan fingerprint density at radius 1 is 0.940 bits per heavy atom. The van der Waals surface area contributed by atoms with Gasteiger partial charge in [-0.15, -0.1) is 0 Å². The zero-order valence-corrected chi connectivity index (χ0v) is 30.5. The van der Waals surface area contributed by atoms with Crippen LogP contribution in [0.15, 0.2) is 71.9 Å². The van der Waals surface area contributed by atoms with Crippen molar-refractivity contribution >= 4 is 37.4 Å². The molecular weight excluding hydrogens is 706 g/mol. The van der Waals surface area contributed by atoms with Gasteiger partial charge >= 0.3 is 0 Å². The third-order valence-electron chi connectivity index (χ3n) is 7.87. The molecule has 50 heavy (non-hydrogen) atoms. The van der Waals surface area contributed by atoms with Crippen molar-refractivity contribution in [1.82, 2.24) is 14.6 Å². The molecule has 4 aromatic rings. The van der Waals surface area contributed by atoms with Crippen molar-refractivity contribution in [2.24, 2.45) is 0 Å². The minimum Gasteiger partial charge on any atom is -0.488 e. The second-order valence-corrected chi connectivity index (χ2v) is 16.2. The van der Waals surface area contributed by atoms with Gasteiger partial charge in [0.25, 0.3) is 0 Å². The van der Waals surface area contributed by atoms with Crippen molar-refractivity contribution < 1.29 is 40.6 Å². The molecule has 2 heterocycles. The van der Waals surface area contributed by atoms with Gasteiger partial charge in [0, 0.05) is 55.9 Å². The van der Waals surface area contributed by atoms with Gasteiger partial charge < -0.3 is 23.8 Å². The number of halogens is 1. The average Bonchev–Trinajstić information content (AvgIpc) is 3.06. The number of pyridine rings is 1. The van der Waals surface area contributed by atoms with E-state index in [9.17, 15) is 21.6 Å². The first kappa shape index (κ1) is 36.9. The van der Waals surface area contributed by atoms with Gasteiger partial charge in [0.15, 0.2) is 21.3 Å². The molecular formula is C35H38ClN3O9S2. The van der Waals surface area contributed by atoms with Crippen LogP contribution in [0.3, 0.4) is 0 Å². The van der Waals surface area contributed by atoms with E-state index >= 15 is 0 Å². The van der Waals surface area contributed by atoms with Gasteiger partial charge in [0.2, 0.25) is 15.9 Å². The molecule has 0 bridgehead atoms. The van der Waals surface area contributed by atoms with Gasteiger partial charge in [-0.1, -0.05) is 35.9 Å². The Morgan fingerprint density at radius 3 is 2.42 bits per heavy atom. The van der Waals surface area contributed by atoms with Crippen LogP contribution in [-0.2, 0) is 44.4 Å². The summed E-state index contributed by atoms with van der Waals surface area (Å²) in [6.45, 7) is 4.70. The van der Waals surface area contributed by atoms with Crippen LogP contribution in [0.2, 0.25) is 5.02 Å². The second kappa shape index (κ2) is 15.7. The molecule has 12 nitrogen and oxygen atoms in total. The maximum absolute atomic E-state index is 12.2. The van der Waals surface area contributed by atoms with E-state index < -0.39 is 25.8 Å². The number of nitrogens with one attached hydrogen (secondary N) is 1. The maximum atomic E-state index is 12.2. The molecule has 1 aliphatic rings. The molecule has 0 saturated heterocycles. The average molecular weight is 744 g/mol. The number of nitrogens with zero attached hydrogens (tertiary/aromatic N) is 2.